The first-order valence-corrected chi connectivity index (χ1v) is 7.42. The van der Waals surface area contributed by atoms with Gasteiger partial charge in [-0.25, -0.2) is 0 Å². The van der Waals surface area contributed by atoms with Crippen molar-refractivity contribution < 1.29 is 4.79 Å². The van der Waals surface area contributed by atoms with Gasteiger partial charge in [0.15, 0.2) is 5.82 Å². The molecule has 0 aliphatic rings. The zero-order valence-electron chi connectivity index (χ0n) is 13.4. The Hall–Kier alpha value is -1.52. The molecule has 0 aliphatic heterocycles. The van der Waals surface area contributed by atoms with Crippen LogP contribution in [0.2, 0.25) is 0 Å². The van der Waals surface area contributed by atoms with Gasteiger partial charge in [-0.2, -0.15) is 5.10 Å². The number of amides is 1. The minimum absolute atomic E-state index is 0.00458. The van der Waals surface area contributed by atoms with Crippen molar-refractivity contribution in [2.45, 2.75) is 47.5 Å². The molecule has 0 saturated carbocycles. The Balaban J connectivity index is 2.82. The average Bonchev–Trinajstić information content (AvgIpc) is 2.67. The lowest BCUT2D eigenvalue weighted by atomic mass is 10.1. The molecule has 1 amide bonds. The molecule has 0 atom stereocenters. The molecule has 1 aromatic heterocycles. The van der Waals surface area contributed by atoms with E-state index in [1.807, 2.05) is 11.8 Å². The summed E-state index contributed by atoms with van der Waals surface area (Å²) in [5.74, 6) is 1.45. The fourth-order valence-electron chi connectivity index (χ4n) is 2.02. The number of nitrogens with two attached hydrogens (primary N) is 1. The number of anilines is 1. The van der Waals surface area contributed by atoms with Crippen molar-refractivity contribution in [2.24, 2.45) is 11.8 Å². The zero-order chi connectivity index (χ0) is 15.3. The summed E-state index contributed by atoms with van der Waals surface area (Å²) in [4.78, 5) is 14.6. The highest BCUT2D eigenvalue weighted by atomic mass is 16.2. The second-order valence-corrected chi connectivity index (χ2v) is 6.27. The van der Waals surface area contributed by atoms with Crippen molar-refractivity contribution in [3.8, 4) is 0 Å². The summed E-state index contributed by atoms with van der Waals surface area (Å²) in [5.41, 5.74) is 7.07. The van der Waals surface area contributed by atoms with Crippen LogP contribution in [-0.2, 0) is 0 Å². The summed E-state index contributed by atoms with van der Waals surface area (Å²) >= 11 is 0. The smallest absolute Gasteiger partial charge is 0.259 e. The third-order valence-electron chi connectivity index (χ3n) is 3.43. The molecule has 0 fully saturated rings. The van der Waals surface area contributed by atoms with Crippen LogP contribution in [0.5, 0.6) is 0 Å². The van der Waals surface area contributed by atoms with E-state index in [-0.39, 0.29) is 5.91 Å². The van der Waals surface area contributed by atoms with Crippen molar-refractivity contribution in [1.29, 1.82) is 0 Å². The number of aromatic nitrogens is 2. The molecule has 1 heterocycles. The van der Waals surface area contributed by atoms with Gasteiger partial charge in [-0.15, -0.1) is 0 Å². The molecule has 0 bridgehead atoms. The molecule has 5 nitrogen and oxygen atoms in total. The number of aromatic amines is 1. The molecule has 20 heavy (non-hydrogen) atoms. The molecule has 0 radical (unpaired) electrons. The molecule has 3 N–H and O–H groups in total. The number of aryl methyl sites for hydroxylation is 1. The molecular weight excluding hydrogens is 252 g/mol. The third kappa shape index (κ3) is 4.54. The topological polar surface area (TPSA) is 75.0 Å². The second kappa shape index (κ2) is 7.31. The van der Waals surface area contributed by atoms with Gasteiger partial charge in [-0.3, -0.25) is 9.89 Å². The number of rotatable bonds is 7. The minimum Gasteiger partial charge on any atom is -0.382 e. The normalized spacial score (nSPS) is 11.3. The number of nitrogen functional groups attached to an aromatic ring is 1. The second-order valence-electron chi connectivity index (χ2n) is 6.27. The van der Waals surface area contributed by atoms with Crippen LogP contribution in [-0.4, -0.2) is 34.1 Å². The molecule has 0 spiro atoms. The summed E-state index contributed by atoms with van der Waals surface area (Å²) in [6.45, 7) is 12.1. The maximum absolute atomic E-state index is 12.7. The number of carbonyl (C=O) groups excluding carboxylic acids is 1. The van der Waals surface area contributed by atoms with E-state index in [1.54, 1.807) is 0 Å². The molecule has 1 aromatic rings. The van der Waals surface area contributed by atoms with E-state index in [2.05, 4.69) is 37.9 Å². The van der Waals surface area contributed by atoms with Crippen LogP contribution in [0.25, 0.3) is 0 Å². The summed E-state index contributed by atoms with van der Waals surface area (Å²) in [6, 6.07) is 0. The minimum atomic E-state index is -0.00458. The highest BCUT2D eigenvalue weighted by molar-refractivity contribution is 5.99. The Kier molecular flexibility index (Phi) is 6.05. The van der Waals surface area contributed by atoms with E-state index in [0.717, 1.165) is 31.6 Å². The Labute approximate surface area is 121 Å². The van der Waals surface area contributed by atoms with Gasteiger partial charge in [0.05, 0.1) is 0 Å². The van der Waals surface area contributed by atoms with Gasteiger partial charge in [0.2, 0.25) is 0 Å². The van der Waals surface area contributed by atoms with Crippen LogP contribution in [0.4, 0.5) is 5.82 Å². The van der Waals surface area contributed by atoms with E-state index in [0.29, 0.717) is 23.2 Å². The molecule has 0 aromatic carbocycles. The van der Waals surface area contributed by atoms with Gasteiger partial charge < -0.3 is 10.6 Å². The number of H-pyrrole nitrogens is 1. The highest BCUT2D eigenvalue weighted by Crippen LogP contribution is 2.17. The van der Waals surface area contributed by atoms with Crippen LogP contribution < -0.4 is 5.73 Å². The van der Waals surface area contributed by atoms with E-state index in [1.165, 1.54) is 0 Å². The first kappa shape index (κ1) is 16.5. The summed E-state index contributed by atoms with van der Waals surface area (Å²) in [5, 5.41) is 6.70. The maximum Gasteiger partial charge on any atom is 0.259 e. The molecule has 1 rings (SSSR count). The Bertz CT molecular complexity index is 406. The largest absolute Gasteiger partial charge is 0.382 e. The van der Waals surface area contributed by atoms with E-state index < -0.39 is 0 Å². The van der Waals surface area contributed by atoms with Crippen molar-refractivity contribution in [1.82, 2.24) is 15.1 Å². The van der Waals surface area contributed by atoms with Crippen LogP contribution in [0.1, 0.15) is 56.6 Å². The van der Waals surface area contributed by atoms with Gasteiger partial charge >= 0.3 is 0 Å². The maximum atomic E-state index is 12.7. The first-order chi connectivity index (χ1) is 9.32. The van der Waals surface area contributed by atoms with Crippen molar-refractivity contribution >= 4 is 11.7 Å². The van der Waals surface area contributed by atoms with Crippen LogP contribution in [0.15, 0.2) is 0 Å². The van der Waals surface area contributed by atoms with Gasteiger partial charge in [0, 0.05) is 18.8 Å². The number of nitrogens with zero attached hydrogens (tertiary/aromatic N) is 2. The van der Waals surface area contributed by atoms with Crippen molar-refractivity contribution in [3.05, 3.63) is 11.3 Å². The number of carbonyl (C=O) groups is 1. The van der Waals surface area contributed by atoms with Crippen molar-refractivity contribution in [2.75, 3.05) is 18.8 Å². The third-order valence-corrected chi connectivity index (χ3v) is 3.43. The number of nitrogens with one attached hydrogen (secondary N) is 1. The SMILES string of the molecule is Cc1[nH]nc(N)c1C(=O)N(CCC(C)C)CCC(C)C. The Morgan fingerprint density at radius 2 is 1.70 bits per heavy atom. The van der Waals surface area contributed by atoms with Crippen molar-refractivity contribution in [3.63, 3.8) is 0 Å². The summed E-state index contributed by atoms with van der Waals surface area (Å²) < 4.78 is 0. The molecule has 0 aliphatic carbocycles. The molecular formula is C15H28N4O. The monoisotopic (exact) mass is 280 g/mol. The van der Waals surface area contributed by atoms with Crippen LogP contribution in [0.3, 0.4) is 0 Å². The van der Waals surface area contributed by atoms with Gasteiger partial charge in [-0.05, 0) is 31.6 Å². The van der Waals surface area contributed by atoms with Crippen LogP contribution in [0, 0.1) is 18.8 Å². The number of hydrogen-bond donors (Lipinski definition) is 2. The van der Waals surface area contributed by atoms with E-state index in [4.69, 9.17) is 5.73 Å². The average molecular weight is 280 g/mol. The fourth-order valence-corrected chi connectivity index (χ4v) is 2.02. The standard InChI is InChI=1S/C15H28N4O/c1-10(2)6-8-19(9-7-11(3)4)15(20)13-12(5)17-18-14(13)16/h10-11H,6-9H2,1-5H3,(H3,16,17,18). The fraction of sp³-hybridized carbons (Fsp3) is 0.733. The molecule has 114 valence electrons. The van der Waals surface area contributed by atoms with Gasteiger partial charge in [0.25, 0.3) is 5.91 Å². The molecule has 0 saturated heterocycles. The number of hydrogen-bond acceptors (Lipinski definition) is 3. The van der Waals surface area contributed by atoms with Gasteiger partial charge in [-0.1, -0.05) is 27.7 Å². The zero-order valence-corrected chi connectivity index (χ0v) is 13.4. The van der Waals surface area contributed by atoms with Crippen LogP contribution >= 0.6 is 0 Å². The molecule has 5 heteroatoms. The lowest BCUT2D eigenvalue weighted by Gasteiger charge is -2.24. The quantitative estimate of drug-likeness (QED) is 0.806. The Morgan fingerprint density at radius 1 is 1.20 bits per heavy atom. The summed E-state index contributed by atoms with van der Waals surface area (Å²) in [7, 11) is 0. The van der Waals surface area contributed by atoms with E-state index >= 15 is 0 Å². The lowest BCUT2D eigenvalue weighted by molar-refractivity contribution is 0.0741. The first-order valence-electron chi connectivity index (χ1n) is 7.42. The predicted molar refractivity (Wildman–Crippen MR) is 82.6 cm³/mol. The lowest BCUT2D eigenvalue weighted by Crippen LogP contribution is -2.34. The Morgan fingerprint density at radius 3 is 2.05 bits per heavy atom. The highest BCUT2D eigenvalue weighted by Gasteiger charge is 2.22. The van der Waals surface area contributed by atoms with E-state index in [9.17, 15) is 4.79 Å². The predicted octanol–water partition coefficient (Wildman–Crippen LogP) is 2.83. The summed E-state index contributed by atoms with van der Waals surface area (Å²) in [6.07, 6.45) is 2.00. The van der Waals surface area contributed by atoms with Gasteiger partial charge in [0.1, 0.15) is 5.56 Å². The molecule has 0 unspecified atom stereocenters.